The van der Waals surface area contributed by atoms with Crippen molar-refractivity contribution in [2.24, 2.45) is 0 Å². The topological polar surface area (TPSA) is 64.0 Å². The van der Waals surface area contributed by atoms with Gasteiger partial charge in [0.15, 0.2) is 0 Å². The monoisotopic (exact) mass is 367 g/mol. The first-order valence-electron chi connectivity index (χ1n) is 8.60. The van der Waals surface area contributed by atoms with E-state index in [-0.39, 0.29) is 17.5 Å². The molecule has 1 N–H and O–H groups in total. The van der Waals surface area contributed by atoms with Gasteiger partial charge in [0.25, 0.3) is 5.56 Å². The molecule has 0 saturated heterocycles. The molecule has 0 saturated carbocycles. The van der Waals surface area contributed by atoms with E-state index in [1.54, 1.807) is 17.4 Å². The summed E-state index contributed by atoms with van der Waals surface area (Å²) in [6.45, 7) is 2.38. The Kier molecular flexibility index (Phi) is 5.96. The molecule has 0 spiro atoms. The Morgan fingerprint density at radius 3 is 2.69 bits per heavy atom. The molecule has 1 atom stereocenters. The molecule has 0 bridgehead atoms. The molecule has 2 heterocycles. The highest BCUT2D eigenvalue weighted by Crippen LogP contribution is 2.21. The fourth-order valence-electron chi connectivity index (χ4n) is 2.69. The molecule has 26 heavy (non-hydrogen) atoms. The molecule has 0 fully saturated rings. The minimum atomic E-state index is -0.150. The molecule has 6 heteroatoms. The van der Waals surface area contributed by atoms with Crippen molar-refractivity contribution < 1.29 is 4.79 Å². The number of carbonyl (C=O) groups excluding carboxylic acids is 1. The molecule has 3 rings (SSSR count). The van der Waals surface area contributed by atoms with Crippen LogP contribution in [-0.4, -0.2) is 15.7 Å². The van der Waals surface area contributed by atoms with Gasteiger partial charge in [-0.3, -0.25) is 9.59 Å². The van der Waals surface area contributed by atoms with Gasteiger partial charge in [0, 0.05) is 19.0 Å². The number of thiophene rings is 1. The Morgan fingerprint density at radius 1 is 1.15 bits per heavy atom. The lowest BCUT2D eigenvalue weighted by molar-refractivity contribution is -0.121. The van der Waals surface area contributed by atoms with Gasteiger partial charge in [-0.15, -0.1) is 11.3 Å². The fraction of sp³-hybridized carbons (Fsp3) is 0.250. The van der Waals surface area contributed by atoms with E-state index in [0.717, 1.165) is 16.1 Å². The number of hydrogen-bond acceptors (Lipinski definition) is 4. The van der Waals surface area contributed by atoms with Gasteiger partial charge < -0.3 is 5.32 Å². The molecule has 0 aliphatic carbocycles. The zero-order valence-electron chi connectivity index (χ0n) is 14.6. The Morgan fingerprint density at radius 2 is 1.96 bits per heavy atom. The molecule has 1 amide bonds. The maximum Gasteiger partial charge on any atom is 0.266 e. The Balaban J connectivity index is 1.54. The minimum absolute atomic E-state index is 0.0242. The Hall–Kier alpha value is -2.73. The Labute approximate surface area is 156 Å². The fourth-order valence-corrected chi connectivity index (χ4v) is 3.38. The van der Waals surface area contributed by atoms with E-state index < -0.39 is 0 Å². The highest BCUT2D eigenvalue weighted by Gasteiger charge is 2.10. The predicted molar refractivity (Wildman–Crippen MR) is 104 cm³/mol. The van der Waals surface area contributed by atoms with Crippen LogP contribution >= 0.6 is 11.3 Å². The van der Waals surface area contributed by atoms with Crippen molar-refractivity contribution in [3.05, 3.63) is 75.9 Å². The first-order valence-corrected chi connectivity index (χ1v) is 9.48. The number of hydrogen-bond donors (Lipinski definition) is 1. The van der Waals surface area contributed by atoms with Crippen LogP contribution in [0.4, 0.5) is 0 Å². The number of benzene rings is 1. The molecular formula is C20H21N3O2S. The van der Waals surface area contributed by atoms with Crippen molar-refractivity contribution in [2.45, 2.75) is 32.4 Å². The van der Waals surface area contributed by atoms with Gasteiger partial charge in [-0.05, 0) is 36.4 Å². The molecule has 5 nitrogen and oxygen atoms in total. The highest BCUT2D eigenvalue weighted by atomic mass is 32.1. The molecule has 0 aliphatic heterocycles. The van der Waals surface area contributed by atoms with Crippen LogP contribution in [0, 0.1) is 0 Å². The summed E-state index contributed by atoms with van der Waals surface area (Å²) in [5.41, 5.74) is 1.70. The summed E-state index contributed by atoms with van der Waals surface area (Å²) in [5, 5.41) is 9.37. The number of aromatic nitrogens is 2. The van der Waals surface area contributed by atoms with Crippen LogP contribution in [-0.2, 0) is 11.3 Å². The van der Waals surface area contributed by atoms with Crippen molar-refractivity contribution >= 4 is 17.2 Å². The van der Waals surface area contributed by atoms with Crippen LogP contribution in [0.5, 0.6) is 0 Å². The highest BCUT2D eigenvalue weighted by molar-refractivity contribution is 7.13. The SMILES string of the molecule is CC(NC(=O)CCCn1nc(-c2cccs2)ccc1=O)c1ccccc1. The average molecular weight is 367 g/mol. The van der Waals surface area contributed by atoms with Crippen molar-refractivity contribution in [3.63, 3.8) is 0 Å². The van der Waals surface area contributed by atoms with E-state index in [1.807, 2.05) is 54.8 Å². The van der Waals surface area contributed by atoms with Crippen LogP contribution in [0.2, 0.25) is 0 Å². The van der Waals surface area contributed by atoms with Gasteiger partial charge in [0.1, 0.15) is 5.69 Å². The van der Waals surface area contributed by atoms with Crippen LogP contribution in [0.1, 0.15) is 31.4 Å². The summed E-state index contributed by atoms with van der Waals surface area (Å²) in [5.74, 6) is -0.0242. The van der Waals surface area contributed by atoms with E-state index >= 15 is 0 Å². The van der Waals surface area contributed by atoms with Gasteiger partial charge in [-0.1, -0.05) is 36.4 Å². The molecule has 0 radical (unpaired) electrons. The second kappa shape index (κ2) is 8.58. The molecule has 1 aromatic carbocycles. The van der Waals surface area contributed by atoms with E-state index in [0.29, 0.717) is 19.4 Å². The number of aryl methyl sites for hydroxylation is 1. The van der Waals surface area contributed by atoms with E-state index in [1.165, 1.54) is 10.7 Å². The van der Waals surface area contributed by atoms with Crippen LogP contribution < -0.4 is 10.9 Å². The Bertz CT molecular complexity index is 904. The predicted octanol–water partition coefficient (Wildman–Crippen LogP) is 3.63. The van der Waals surface area contributed by atoms with E-state index in [2.05, 4.69) is 10.4 Å². The van der Waals surface area contributed by atoms with Crippen molar-refractivity contribution in [1.29, 1.82) is 0 Å². The summed E-state index contributed by atoms with van der Waals surface area (Å²) >= 11 is 1.58. The van der Waals surface area contributed by atoms with Crippen LogP contribution in [0.3, 0.4) is 0 Å². The molecule has 134 valence electrons. The lowest BCUT2D eigenvalue weighted by Crippen LogP contribution is -2.27. The van der Waals surface area contributed by atoms with Gasteiger partial charge in [-0.25, -0.2) is 4.68 Å². The third-order valence-corrected chi connectivity index (χ3v) is 4.98. The summed E-state index contributed by atoms with van der Waals surface area (Å²) in [7, 11) is 0. The maximum absolute atomic E-state index is 12.1. The molecule has 3 aromatic rings. The number of carbonyl (C=O) groups is 1. The normalized spacial score (nSPS) is 11.9. The third kappa shape index (κ3) is 4.67. The van der Waals surface area contributed by atoms with Crippen molar-refractivity contribution in [1.82, 2.24) is 15.1 Å². The van der Waals surface area contributed by atoms with Gasteiger partial charge in [0.05, 0.1) is 10.9 Å². The standard InChI is InChI=1S/C20H21N3O2S/c1-15(16-7-3-2-4-8-16)21-19(24)10-5-13-23-20(25)12-11-17(22-23)18-9-6-14-26-18/h2-4,6-9,11-12,14-15H,5,10,13H2,1H3,(H,21,24). The second-order valence-corrected chi connectivity index (χ2v) is 7.01. The summed E-state index contributed by atoms with van der Waals surface area (Å²) in [4.78, 5) is 25.1. The summed E-state index contributed by atoms with van der Waals surface area (Å²) in [6, 6.07) is 17.0. The van der Waals surface area contributed by atoms with Gasteiger partial charge in [-0.2, -0.15) is 5.10 Å². The molecule has 1 unspecified atom stereocenters. The van der Waals surface area contributed by atoms with Gasteiger partial charge >= 0.3 is 0 Å². The van der Waals surface area contributed by atoms with Gasteiger partial charge in [0.2, 0.25) is 5.91 Å². The second-order valence-electron chi connectivity index (χ2n) is 6.06. The van der Waals surface area contributed by atoms with E-state index in [4.69, 9.17) is 0 Å². The molecule has 0 aliphatic rings. The summed E-state index contributed by atoms with van der Waals surface area (Å²) in [6.07, 6.45) is 0.919. The molecular weight excluding hydrogens is 346 g/mol. The number of rotatable bonds is 7. The zero-order valence-corrected chi connectivity index (χ0v) is 15.4. The van der Waals surface area contributed by atoms with Crippen LogP contribution in [0.25, 0.3) is 10.6 Å². The van der Waals surface area contributed by atoms with Crippen molar-refractivity contribution in [3.8, 4) is 10.6 Å². The number of nitrogens with zero attached hydrogens (tertiary/aromatic N) is 2. The number of amides is 1. The first-order chi connectivity index (χ1) is 12.6. The lowest BCUT2D eigenvalue weighted by Gasteiger charge is -2.14. The lowest BCUT2D eigenvalue weighted by atomic mass is 10.1. The van der Waals surface area contributed by atoms with E-state index in [9.17, 15) is 9.59 Å². The minimum Gasteiger partial charge on any atom is -0.350 e. The third-order valence-electron chi connectivity index (χ3n) is 4.09. The first kappa shape index (κ1) is 18.1. The maximum atomic E-state index is 12.1. The zero-order chi connectivity index (χ0) is 18.4. The largest absolute Gasteiger partial charge is 0.350 e. The average Bonchev–Trinajstić information content (AvgIpc) is 3.18. The smallest absolute Gasteiger partial charge is 0.266 e. The van der Waals surface area contributed by atoms with Crippen molar-refractivity contribution in [2.75, 3.05) is 0 Å². The molecule has 2 aromatic heterocycles. The quantitative estimate of drug-likeness (QED) is 0.693. The van der Waals surface area contributed by atoms with Crippen LogP contribution in [0.15, 0.2) is 64.8 Å². The number of nitrogens with one attached hydrogen (secondary N) is 1. The summed E-state index contributed by atoms with van der Waals surface area (Å²) < 4.78 is 1.43.